The van der Waals surface area contributed by atoms with Crippen LogP contribution in [-0.2, 0) is 13.0 Å². The molecule has 0 saturated carbocycles. The average molecular weight is 418 g/mol. The second-order valence-electron chi connectivity index (χ2n) is 6.70. The molecule has 1 fully saturated rings. The predicted octanol–water partition coefficient (Wildman–Crippen LogP) is 2.32. The second-order valence-corrected chi connectivity index (χ2v) is 8.18. The summed E-state index contributed by atoms with van der Waals surface area (Å²) in [5, 5.41) is 5.79. The third kappa shape index (κ3) is 3.94. The first-order chi connectivity index (χ1) is 13.5. The lowest BCUT2D eigenvalue weighted by Crippen LogP contribution is -2.48. The summed E-state index contributed by atoms with van der Waals surface area (Å²) in [7, 11) is 0. The van der Waals surface area contributed by atoms with Crippen molar-refractivity contribution in [2.75, 3.05) is 26.2 Å². The lowest BCUT2D eigenvalue weighted by molar-refractivity contribution is 0.0627. The highest BCUT2D eigenvalue weighted by Gasteiger charge is 2.22. The molecule has 0 aliphatic carbocycles. The van der Waals surface area contributed by atoms with E-state index in [0.717, 1.165) is 30.2 Å². The van der Waals surface area contributed by atoms with Crippen LogP contribution in [0.15, 0.2) is 35.1 Å². The summed E-state index contributed by atoms with van der Waals surface area (Å²) < 4.78 is 1.37. The van der Waals surface area contributed by atoms with Crippen LogP contribution < -0.4 is 5.56 Å². The van der Waals surface area contributed by atoms with Crippen molar-refractivity contribution < 1.29 is 4.79 Å². The lowest BCUT2D eigenvalue weighted by atomic mass is 10.2. The summed E-state index contributed by atoms with van der Waals surface area (Å²) in [5.41, 5.74) is 1.25. The van der Waals surface area contributed by atoms with Crippen LogP contribution in [-0.4, -0.2) is 56.5 Å². The van der Waals surface area contributed by atoms with Crippen molar-refractivity contribution in [1.82, 2.24) is 24.4 Å². The third-order valence-corrected chi connectivity index (χ3v) is 6.08. The summed E-state index contributed by atoms with van der Waals surface area (Å²) in [6, 6.07) is 8.52. The molecule has 0 N–H and O–H groups in total. The zero-order valence-corrected chi connectivity index (χ0v) is 17.0. The van der Waals surface area contributed by atoms with Crippen molar-refractivity contribution >= 4 is 33.8 Å². The minimum atomic E-state index is -0.146. The van der Waals surface area contributed by atoms with Crippen molar-refractivity contribution in [2.45, 2.75) is 19.9 Å². The smallest absolute Gasteiger partial charge is 0.275 e. The van der Waals surface area contributed by atoms with E-state index in [1.807, 2.05) is 11.8 Å². The summed E-state index contributed by atoms with van der Waals surface area (Å²) in [4.78, 5) is 34.2. The van der Waals surface area contributed by atoms with E-state index in [-0.39, 0.29) is 11.5 Å². The normalized spacial score (nSPS) is 15.3. The number of hydrogen-bond donors (Lipinski definition) is 0. The van der Waals surface area contributed by atoms with Gasteiger partial charge in [-0.3, -0.25) is 14.5 Å². The van der Waals surface area contributed by atoms with E-state index in [4.69, 9.17) is 11.6 Å². The van der Waals surface area contributed by atoms with Crippen LogP contribution in [0.5, 0.6) is 0 Å². The van der Waals surface area contributed by atoms with Crippen LogP contribution in [0.2, 0.25) is 5.02 Å². The number of halogens is 1. The van der Waals surface area contributed by atoms with Gasteiger partial charge in [0.1, 0.15) is 5.01 Å². The van der Waals surface area contributed by atoms with Gasteiger partial charge in [0.05, 0.1) is 5.69 Å². The molecule has 1 amide bonds. The molecule has 9 heteroatoms. The summed E-state index contributed by atoms with van der Waals surface area (Å²) in [5.74, 6) is 0.0193. The molecule has 28 heavy (non-hydrogen) atoms. The Morgan fingerprint density at radius 1 is 1.18 bits per heavy atom. The van der Waals surface area contributed by atoms with E-state index in [0.29, 0.717) is 35.2 Å². The Morgan fingerprint density at radius 2 is 1.89 bits per heavy atom. The zero-order valence-electron chi connectivity index (χ0n) is 15.5. The fourth-order valence-electron chi connectivity index (χ4n) is 3.23. The van der Waals surface area contributed by atoms with E-state index in [1.165, 1.54) is 15.9 Å². The number of hydrogen-bond acceptors (Lipinski definition) is 6. The number of aryl methyl sites for hydroxylation is 1. The van der Waals surface area contributed by atoms with E-state index in [2.05, 4.69) is 15.0 Å². The zero-order chi connectivity index (χ0) is 19.7. The molecule has 0 atom stereocenters. The first-order valence-corrected chi connectivity index (χ1v) is 10.4. The van der Waals surface area contributed by atoms with Gasteiger partial charge in [0, 0.05) is 49.4 Å². The molecule has 1 saturated heterocycles. The molecule has 1 aliphatic rings. The van der Waals surface area contributed by atoms with Gasteiger partial charge in [-0.25, -0.2) is 4.98 Å². The van der Waals surface area contributed by atoms with E-state index >= 15 is 0 Å². The van der Waals surface area contributed by atoms with E-state index in [9.17, 15) is 9.59 Å². The van der Waals surface area contributed by atoms with E-state index in [1.54, 1.807) is 30.3 Å². The largest absolute Gasteiger partial charge is 0.336 e. The Labute approximate surface area is 171 Å². The SMILES string of the molecule is CCc1nn2c(=O)cc(CN3CCN(C(=O)c4ccc(Cl)cc4)CC3)nc2s1. The van der Waals surface area contributed by atoms with Crippen molar-refractivity contribution in [3.8, 4) is 0 Å². The number of piperazine rings is 1. The van der Waals surface area contributed by atoms with Crippen LogP contribution in [0.25, 0.3) is 4.96 Å². The Morgan fingerprint density at radius 3 is 2.57 bits per heavy atom. The van der Waals surface area contributed by atoms with Gasteiger partial charge in [-0.15, -0.1) is 0 Å². The maximum absolute atomic E-state index is 12.6. The number of amides is 1. The molecular formula is C19H20ClN5O2S. The fourth-order valence-corrected chi connectivity index (χ4v) is 4.22. The molecule has 146 valence electrons. The van der Waals surface area contributed by atoms with Crippen molar-refractivity contribution in [1.29, 1.82) is 0 Å². The van der Waals surface area contributed by atoms with Gasteiger partial charge in [-0.2, -0.15) is 9.61 Å². The minimum absolute atomic E-state index is 0.0193. The third-order valence-electron chi connectivity index (χ3n) is 4.78. The van der Waals surface area contributed by atoms with Gasteiger partial charge in [-0.05, 0) is 30.7 Å². The number of carbonyl (C=O) groups excluding carboxylic acids is 1. The molecule has 2 aromatic heterocycles. The summed E-state index contributed by atoms with van der Waals surface area (Å²) in [6.45, 7) is 5.36. The number of carbonyl (C=O) groups is 1. The summed E-state index contributed by atoms with van der Waals surface area (Å²) in [6.07, 6.45) is 0.784. The minimum Gasteiger partial charge on any atom is -0.336 e. The van der Waals surface area contributed by atoms with Crippen LogP contribution >= 0.6 is 22.9 Å². The van der Waals surface area contributed by atoms with Gasteiger partial charge in [0.15, 0.2) is 0 Å². The Balaban J connectivity index is 1.40. The molecule has 3 aromatic rings. The number of aromatic nitrogens is 3. The molecule has 4 rings (SSSR count). The molecule has 0 unspecified atom stereocenters. The second kappa shape index (κ2) is 7.98. The standard InChI is InChI=1S/C19H20ClN5O2S/c1-2-16-22-25-17(26)11-15(21-19(25)28-16)12-23-7-9-24(10-8-23)18(27)13-3-5-14(20)6-4-13/h3-6,11H,2,7-10,12H2,1H3. The van der Waals surface area contributed by atoms with Crippen molar-refractivity contribution in [3.63, 3.8) is 0 Å². The molecule has 1 aliphatic heterocycles. The van der Waals surface area contributed by atoms with Gasteiger partial charge in [0.25, 0.3) is 11.5 Å². The number of benzene rings is 1. The first kappa shape index (κ1) is 19.0. The maximum Gasteiger partial charge on any atom is 0.275 e. The highest BCUT2D eigenvalue weighted by atomic mass is 35.5. The number of fused-ring (bicyclic) bond motifs is 1. The van der Waals surface area contributed by atoms with Crippen LogP contribution in [0.4, 0.5) is 0 Å². The van der Waals surface area contributed by atoms with Gasteiger partial charge < -0.3 is 4.90 Å². The van der Waals surface area contributed by atoms with Crippen molar-refractivity contribution in [2.24, 2.45) is 0 Å². The van der Waals surface area contributed by atoms with Crippen LogP contribution in [0.1, 0.15) is 28.0 Å². The topological polar surface area (TPSA) is 70.8 Å². The van der Waals surface area contributed by atoms with Gasteiger partial charge in [-0.1, -0.05) is 29.9 Å². The summed E-state index contributed by atoms with van der Waals surface area (Å²) >= 11 is 7.34. The quantitative estimate of drug-likeness (QED) is 0.651. The molecule has 0 radical (unpaired) electrons. The maximum atomic E-state index is 12.6. The highest BCUT2D eigenvalue weighted by Crippen LogP contribution is 2.15. The average Bonchev–Trinajstić information content (AvgIpc) is 3.12. The first-order valence-electron chi connectivity index (χ1n) is 9.19. The van der Waals surface area contributed by atoms with Crippen LogP contribution in [0, 0.1) is 0 Å². The predicted molar refractivity (Wildman–Crippen MR) is 109 cm³/mol. The molecule has 7 nitrogen and oxygen atoms in total. The number of rotatable bonds is 4. The Kier molecular flexibility index (Phi) is 5.43. The molecule has 1 aromatic carbocycles. The Hall–Kier alpha value is -2.29. The lowest BCUT2D eigenvalue weighted by Gasteiger charge is -2.34. The number of nitrogens with zero attached hydrogens (tertiary/aromatic N) is 5. The highest BCUT2D eigenvalue weighted by molar-refractivity contribution is 7.16. The molecule has 0 bridgehead atoms. The van der Waals surface area contributed by atoms with Crippen molar-refractivity contribution in [3.05, 3.63) is 62.0 Å². The molecule has 0 spiro atoms. The van der Waals surface area contributed by atoms with E-state index < -0.39 is 0 Å². The molecule has 3 heterocycles. The molecular weight excluding hydrogens is 398 g/mol. The monoisotopic (exact) mass is 417 g/mol. The fraction of sp³-hybridized carbons (Fsp3) is 0.368. The van der Waals surface area contributed by atoms with Gasteiger partial charge >= 0.3 is 0 Å². The van der Waals surface area contributed by atoms with Crippen LogP contribution in [0.3, 0.4) is 0 Å². The Bertz CT molecular complexity index is 1050. The van der Waals surface area contributed by atoms with Gasteiger partial charge in [0.2, 0.25) is 4.96 Å².